The zero-order valence-electron chi connectivity index (χ0n) is 15.8. The predicted molar refractivity (Wildman–Crippen MR) is 105 cm³/mol. The summed E-state index contributed by atoms with van der Waals surface area (Å²) in [5.41, 5.74) is 3.30. The molecule has 0 bridgehead atoms. The van der Waals surface area contributed by atoms with Crippen molar-refractivity contribution in [3.63, 3.8) is 0 Å². The molecule has 2 aromatic rings. The summed E-state index contributed by atoms with van der Waals surface area (Å²) in [5.74, 6) is 0.529. The Labute approximate surface area is 155 Å². The molecule has 2 aromatic carbocycles. The summed E-state index contributed by atoms with van der Waals surface area (Å²) in [6.07, 6.45) is 0.973. The SMILES string of the molecule is CN=C(NCCc1cccc(F)c1)NCc1ccc(COC(C)C)cc1. The number of rotatable bonds is 8. The van der Waals surface area contributed by atoms with Gasteiger partial charge < -0.3 is 15.4 Å². The topological polar surface area (TPSA) is 45.7 Å². The molecule has 2 rings (SSSR count). The highest BCUT2D eigenvalue weighted by Crippen LogP contribution is 2.07. The minimum Gasteiger partial charge on any atom is -0.374 e. The molecule has 0 saturated heterocycles. The Morgan fingerprint density at radius 3 is 2.42 bits per heavy atom. The van der Waals surface area contributed by atoms with Crippen LogP contribution in [0, 0.1) is 5.82 Å². The molecule has 0 aromatic heterocycles. The summed E-state index contributed by atoms with van der Waals surface area (Å²) in [5, 5.41) is 6.53. The van der Waals surface area contributed by atoms with E-state index < -0.39 is 0 Å². The molecule has 0 unspecified atom stereocenters. The first-order valence-corrected chi connectivity index (χ1v) is 8.95. The number of halogens is 1. The average molecular weight is 357 g/mol. The van der Waals surface area contributed by atoms with Crippen LogP contribution >= 0.6 is 0 Å². The molecule has 0 fully saturated rings. The molecule has 0 aliphatic carbocycles. The van der Waals surface area contributed by atoms with Gasteiger partial charge in [0, 0.05) is 20.1 Å². The molecule has 0 radical (unpaired) electrons. The molecule has 2 N–H and O–H groups in total. The van der Waals surface area contributed by atoms with Crippen molar-refractivity contribution in [2.24, 2.45) is 4.99 Å². The normalized spacial score (nSPS) is 11.7. The van der Waals surface area contributed by atoms with Gasteiger partial charge in [0.05, 0.1) is 12.7 Å². The lowest BCUT2D eigenvalue weighted by Gasteiger charge is -2.12. The Morgan fingerprint density at radius 2 is 1.77 bits per heavy atom. The second-order valence-corrected chi connectivity index (χ2v) is 6.41. The Kier molecular flexibility index (Phi) is 8.09. The largest absolute Gasteiger partial charge is 0.374 e. The number of guanidine groups is 1. The fraction of sp³-hybridized carbons (Fsp3) is 0.381. The summed E-state index contributed by atoms with van der Waals surface area (Å²) in [4.78, 5) is 4.22. The molecular formula is C21H28FN3O. The molecule has 4 nitrogen and oxygen atoms in total. The first-order chi connectivity index (χ1) is 12.6. The molecule has 0 heterocycles. The number of hydrogen-bond acceptors (Lipinski definition) is 2. The van der Waals surface area contributed by atoms with Gasteiger partial charge in [0.25, 0.3) is 0 Å². The summed E-state index contributed by atoms with van der Waals surface area (Å²) in [7, 11) is 1.74. The molecule has 0 amide bonds. The summed E-state index contributed by atoms with van der Waals surface area (Å²) < 4.78 is 18.8. The Morgan fingerprint density at radius 1 is 1.04 bits per heavy atom. The maximum atomic E-state index is 13.2. The molecule has 5 heteroatoms. The Balaban J connectivity index is 1.74. The maximum absolute atomic E-state index is 13.2. The molecule has 26 heavy (non-hydrogen) atoms. The van der Waals surface area contributed by atoms with Gasteiger partial charge >= 0.3 is 0 Å². The first-order valence-electron chi connectivity index (χ1n) is 8.95. The van der Waals surface area contributed by atoms with Gasteiger partial charge in [-0.1, -0.05) is 36.4 Å². The van der Waals surface area contributed by atoms with Gasteiger partial charge in [0.1, 0.15) is 5.82 Å². The number of nitrogens with zero attached hydrogens (tertiary/aromatic N) is 1. The van der Waals surface area contributed by atoms with E-state index >= 15 is 0 Å². The van der Waals surface area contributed by atoms with E-state index in [4.69, 9.17) is 4.74 Å². The van der Waals surface area contributed by atoms with E-state index in [1.165, 1.54) is 17.2 Å². The lowest BCUT2D eigenvalue weighted by Crippen LogP contribution is -2.37. The van der Waals surface area contributed by atoms with Gasteiger partial charge in [-0.2, -0.15) is 0 Å². The molecule has 0 atom stereocenters. The van der Waals surface area contributed by atoms with Crippen LogP contribution < -0.4 is 10.6 Å². The summed E-state index contributed by atoms with van der Waals surface area (Å²) in [6, 6.07) is 15.0. The zero-order chi connectivity index (χ0) is 18.8. The van der Waals surface area contributed by atoms with Crippen molar-refractivity contribution in [1.29, 1.82) is 0 Å². The fourth-order valence-electron chi connectivity index (χ4n) is 2.44. The smallest absolute Gasteiger partial charge is 0.191 e. The lowest BCUT2D eigenvalue weighted by molar-refractivity contribution is 0.0657. The van der Waals surface area contributed by atoms with E-state index in [-0.39, 0.29) is 11.9 Å². The van der Waals surface area contributed by atoms with Crippen LogP contribution in [0.25, 0.3) is 0 Å². The first kappa shape index (κ1) is 19.9. The lowest BCUT2D eigenvalue weighted by atomic mass is 10.1. The third-order valence-electron chi connectivity index (χ3n) is 3.89. The van der Waals surface area contributed by atoms with Crippen LogP contribution in [0.5, 0.6) is 0 Å². The van der Waals surface area contributed by atoms with Crippen molar-refractivity contribution in [3.8, 4) is 0 Å². The second-order valence-electron chi connectivity index (χ2n) is 6.41. The van der Waals surface area contributed by atoms with Gasteiger partial charge in [-0.05, 0) is 49.1 Å². The van der Waals surface area contributed by atoms with Gasteiger partial charge in [0.2, 0.25) is 0 Å². The van der Waals surface area contributed by atoms with Gasteiger partial charge in [-0.25, -0.2) is 4.39 Å². The highest BCUT2D eigenvalue weighted by Gasteiger charge is 2.01. The van der Waals surface area contributed by atoms with Crippen LogP contribution in [0.2, 0.25) is 0 Å². The predicted octanol–water partition coefficient (Wildman–Crippen LogP) is 3.66. The molecule has 140 valence electrons. The number of nitrogens with one attached hydrogen (secondary N) is 2. The van der Waals surface area contributed by atoms with E-state index in [1.54, 1.807) is 19.2 Å². The van der Waals surface area contributed by atoms with E-state index in [2.05, 4.69) is 39.9 Å². The van der Waals surface area contributed by atoms with Crippen molar-refractivity contribution >= 4 is 5.96 Å². The zero-order valence-corrected chi connectivity index (χ0v) is 15.8. The van der Waals surface area contributed by atoms with Crippen LogP contribution in [-0.2, 0) is 24.3 Å². The molecule has 0 spiro atoms. The molecule has 0 saturated carbocycles. The van der Waals surface area contributed by atoms with Crippen molar-refractivity contribution in [2.75, 3.05) is 13.6 Å². The molecular weight excluding hydrogens is 329 g/mol. The molecule has 0 aliphatic heterocycles. The number of aliphatic imine (C=N–C) groups is 1. The minimum atomic E-state index is -0.202. The summed E-state index contributed by atoms with van der Waals surface area (Å²) >= 11 is 0. The second kappa shape index (κ2) is 10.6. The highest BCUT2D eigenvalue weighted by atomic mass is 19.1. The average Bonchev–Trinajstić information content (AvgIpc) is 2.63. The minimum absolute atomic E-state index is 0.202. The van der Waals surface area contributed by atoms with Crippen LogP contribution in [0.15, 0.2) is 53.5 Å². The van der Waals surface area contributed by atoms with E-state index in [1.807, 2.05) is 19.9 Å². The highest BCUT2D eigenvalue weighted by molar-refractivity contribution is 5.79. The number of hydrogen-bond donors (Lipinski definition) is 2. The van der Waals surface area contributed by atoms with Gasteiger partial charge in [-0.15, -0.1) is 0 Å². The van der Waals surface area contributed by atoms with Crippen molar-refractivity contribution in [3.05, 3.63) is 71.0 Å². The summed E-state index contributed by atoms with van der Waals surface area (Å²) in [6.45, 7) is 6.07. The fourth-order valence-corrected chi connectivity index (χ4v) is 2.44. The van der Waals surface area contributed by atoms with Crippen LogP contribution in [0.3, 0.4) is 0 Å². The van der Waals surface area contributed by atoms with Crippen LogP contribution in [0.4, 0.5) is 4.39 Å². The van der Waals surface area contributed by atoms with Gasteiger partial charge in [0.15, 0.2) is 5.96 Å². The van der Waals surface area contributed by atoms with Crippen LogP contribution in [-0.4, -0.2) is 25.7 Å². The Hall–Kier alpha value is -2.40. The van der Waals surface area contributed by atoms with E-state index in [0.29, 0.717) is 19.7 Å². The molecule has 0 aliphatic rings. The third-order valence-corrected chi connectivity index (χ3v) is 3.89. The van der Waals surface area contributed by atoms with Crippen LogP contribution in [0.1, 0.15) is 30.5 Å². The Bertz CT molecular complexity index is 699. The number of ether oxygens (including phenoxy) is 1. The quantitative estimate of drug-likeness (QED) is 0.560. The standard InChI is InChI=1S/C21H28FN3O/c1-16(2)26-15-19-9-7-18(8-10-19)14-25-21(23-3)24-12-11-17-5-4-6-20(22)13-17/h4-10,13,16H,11-12,14-15H2,1-3H3,(H2,23,24,25). The van der Waals surface area contributed by atoms with E-state index in [9.17, 15) is 4.39 Å². The number of benzene rings is 2. The van der Waals surface area contributed by atoms with Crippen molar-refractivity contribution in [2.45, 2.75) is 39.5 Å². The third kappa shape index (κ3) is 7.23. The van der Waals surface area contributed by atoms with Gasteiger partial charge in [-0.3, -0.25) is 4.99 Å². The van der Waals surface area contributed by atoms with Crippen molar-refractivity contribution in [1.82, 2.24) is 10.6 Å². The monoisotopic (exact) mass is 357 g/mol. The van der Waals surface area contributed by atoms with E-state index in [0.717, 1.165) is 17.9 Å². The maximum Gasteiger partial charge on any atom is 0.191 e. The van der Waals surface area contributed by atoms with Crippen molar-refractivity contribution < 1.29 is 9.13 Å².